The van der Waals surface area contributed by atoms with E-state index in [2.05, 4.69) is 24.9 Å². The van der Waals surface area contributed by atoms with Gasteiger partial charge in [0.2, 0.25) is 16.0 Å². The van der Waals surface area contributed by atoms with Gasteiger partial charge in [0.1, 0.15) is 5.82 Å². The normalized spacial score (nSPS) is 14.6. The zero-order valence-electron chi connectivity index (χ0n) is 17.0. The van der Waals surface area contributed by atoms with Crippen LogP contribution in [0.1, 0.15) is 12.6 Å². The summed E-state index contributed by atoms with van der Waals surface area (Å²) in [4.78, 5) is 10.8. The molecule has 0 saturated carbocycles. The molecular formula is C19H26FN5O4S. The van der Waals surface area contributed by atoms with E-state index in [1.165, 1.54) is 12.1 Å². The van der Waals surface area contributed by atoms with Gasteiger partial charge in [-0.1, -0.05) is 0 Å². The van der Waals surface area contributed by atoms with Crippen LogP contribution in [0.3, 0.4) is 0 Å². The third-order valence-corrected chi connectivity index (χ3v) is 5.85. The lowest BCUT2D eigenvalue weighted by molar-refractivity contribution is 0.122. The lowest BCUT2D eigenvalue weighted by Gasteiger charge is -2.28. The Kier molecular flexibility index (Phi) is 7.40. The molecule has 2 N–H and O–H groups in total. The molecule has 0 spiro atoms. The Labute approximate surface area is 175 Å². The molecule has 0 aliphatic carbocycles. The van der Waals surface area contributed by atoms with Gasteiger partial charge in [0, 0.05) is 37.9 Å². The van der Waals surface area contributed by atoms with Crippen molar-refractivity contribution in [2.45, 2.75) is 18.7 Å². The second kappa shape index (κ2) is 10.0. The van der Waals surface area contributed by atoms with Crippen molar-refractivity contribution >= 4 is 21.8 Å². The average molecular weight is 440 g/mol. The van der Waals surface area contributed by atoms with E-state index in [1.54, 1.807) is 6.92 Å². The number of aromatic nitrogens is 2. The van der Waals surface area contributed by atoms with Crippen LogP contribution < -0.4 is 19.7 Å². The number of halogens is 1. The van der Waals surface area contributed by atoms with E-state index in [9.17, 15) is 12.8 Å². The van der Waals surface area contributed by atoms with Crippen LogP contribution in [0.25, 0.3) is 0 Å². The van der Waals surface area contributed by atoms with Gasteiger partial charge in [0.05, 0.1) is 24.7 Å². The van der Waals surface area contributed by atoms with Crippen LogP contribution in [0.15, 0.2) is 29.2 Å². The molecule has 0 unspecified atom stereocenters. The van der Waals surface area contributed by atoms with Crippen molar-refractivity contribution in [3.63, 3.8) is 0 Å². The average Bonchev–Trinajstić information content (AvgIpc) is 2.73. The SMILES string of the molecule is CCOc1ccc(S(=O)(=O)NCCNc2nc(C)cc(N3CCOCC3)n2)cc1F. The highest BCUT2D eigenvalue weighted by atomic mass is 32.2. The Morgan fingerprint density at radius 3 is 2.67 bits per heavy atom. The van der Waals surface area contributed by atoms with E-state index in [1.807, 2.05) is 13.0 Å². The number of sulfonamides is 1. The van der Waals surface area contributed by atoms with Crippen molar-refractivity contribution in [1.82, 2.24) is 14.7 Å². The summed E-state index contributed by atoms with van der Waals surface area (Å²) >= 11 is 0. The maximum atomic E-state index is 13.9. The Hall–Kier alpha value is -2.50. The predicted octanol–water partition coefficient (Wildman–Crippen LogP) is 1.55. The van der Waals surface area contributed by atoms with Gasteiger partial charge in [0.25, 0.3) is 0 Å². The number of nitrogens with one attached hydrogen (secondary N) is 2. The highest BCUT2D eigenvalue weighted by Crippen LogP contribution is 2.21. The molecule has 2 heterocycles. The predicted molar refractivity (Wildman–Crippen MR) is 111 cm³/mol. The standard InChI is InChI=1S/C19H26FN5O4S/c1-3-29-17-5-4-15(13-16(17)20)30(26,27)22-7-6-21-19-23-14(2)12-18(24-19)25-8-10-28-11-9-25/h4-5,12-13,22H,3,6-11H2,1-2H3,(H,21,23,24). The highest BCUT2D eigenvalue weighted by molar-refractivity contribution is 7.89. The largest absolute Gasteiger partial charge is 0.491 e. The third-order valence-electron chi connectivity index (χ3n) is 4.39. The van der Waals surface area contributed by atoms with Crippen LogP contribution in [-0.2, 0) is 14.8 Å². The minimum absolute atomic E-state index is 0.0192. The number of anilines is 2. The molecule has 0 bridgehead atoms. The van der Waals surface area contributed by atoms with Crippen LogP contribution in [0.5, 0.6) is 5.75 Å². The zero-order valence-corrected chi connectivity index (χ0v) is 17.8. The number of rotatable bonds is 9. The topological polar surface area (TPSA) is 106 Å². The quantitative estimate of drug-likeness (QED) is 0.567. The van der Waals surface area contributed by atoms with Crippen LogP contribution in [-0.4, -0.2) is 64.4 Å². The van der Waals surface area contributed by atoms with E-state index < -0.39 is 15.8 Å². The molecule has 0 radical (unpaired) electrons. The van der Waals surface area contributed by atoms with E-state index >= 15 is 0 Å². The number of hydrogen-bond donors (Lipinski definition) is 2. The fraction of sp³-hybridized carbons (Fsp3) is 0.474. The molecule has 11 heteroatoms. The third kappa shape index (κ3) is 5.77. The first-order chi connectivity index (χ1) is 14.4. The Bertz CT molecular complexity index is 967. The van der Waals surface area contributed by atoms with Gasteiger partial charge in [-0.25, -0.2) is 22.5 Å². The number of aryl methyl sites for hydroxylation is 1. The molecule has 1 saturated heterocycles. The molecule has 0 atom stereocenters. The van der Waals surface area contributed by atoms with Gasteiger partial charge >= 0.3 is 0 Å². The first kappa shape index (κ1) is 22.2. The van der Waals surface area contributed by atoms with Gasteiger partial charge in [0.15, 0.2) is 11.6 Å². The summed E-state index contributed by atoms with van der Waals surface area (Å²) < 4.78 is 51.6. The molecule has 164 valence electrons. The summed E-state index contributed by atoms with van der Waals surface area (Å²) in [5.41, 5.74) is 0.805. The zero-order chi connectivity index (χ0) is 21.6. The Balaban J connectivity index is 1.56. The number of nitrogens with zero attached hydrogens (tertiary/aromatic N) is 3. The molecule has 1 aromatic carbocycles. The van der Waals surface area contributed by atoms with Crippen molar-refractivity contribution < 1.29 is 22.3 Å². The minimum atomic E-state index is -3.85. The van der Waals surface area contributed by atoms with Gasteiger partial charge in [-0.15, -0.1) is 0 Å². The summed E-state index contributed by atoms with van der Waals surface area (Å²) in [6, 6.07) is 5.46. The summed E-state index contributed by atoms with van der Waals surface area (Å²) in [6.45, 7) is 7.07. The lowest BCUT2D eigenvalue weighted by atomic mass is 10.3. The minimum Gasteiger partial charge on any atom is -0.491 e. The Morgan fingerprint density at radius 1 is 1.20 bits per heavy atom. The monoisotopic (exact) mass is 439 g/mol. The van der Waals surface area contributed by atoms with Gasteiger partial charge < -0.3 is 19.7 Å². The Morgan fingerprint density at radius 2 is 1.97 bits per heavy atom. The molecule has 1 fully saturated rings. The number of benzene rings is 1. The van der Waals surface area contributed by atoms with Crippen LogP contribution >= 0.6 is 0 Å². The van der Waals surface area contributed by atoms with Crippen molar-refractivity contribution in [1.29, 1.82) is 0 Å². The van der Waals surface area contributed by atoms with Crippen LogP contribution in [0, 0.1) is 12.7 Å². The highest BCUT2D eigenvalue weighted by Gasteiger charge is 2.17. The van der Waals surface area contributed by atoms with Gasteiger partial charge in [-0.2, -0.15) is 4.98 Å². The summed E-state index contributed by atoms with van der Waals surface area (Å²) in [5.74, 6) is 0.522. The van der Waals surface area contributed by atoms with Crippen molar-refractivity contribution in [2.24, 2.45) is 0 Å². The molecule has 9 nitrogen and oxygen atoms in total. The smallest absolute Gasteiger partial charge is 0.240 e. The summed E-state index contributed by atoms with van der Waals surface area (Å²) in [6.07, 6.45) is 0. The molecule has 1 aliphatic heterocycles. The molecular weight excluding hydrogens is 413 g/mol. The molecule has 1 aliphatic rings. The van der Waals surface area contributed by atoms with Crippen molar-refractivity contribution in [3.8, 4) is 5.75 Å². The lowest BCUT2D eigenvalue weighted by Crippen LogP contribution is -2.37. The molecule has 2 aromatic rings. The maximum absolute atomic E-state index is 13.9. The van der Waals surface area contributed by atoms with Gasteiger partial charge in [-0.3, -0.25) is 0 Å². The molecule has 1 aromatic heterocycles. The van der Waals surface area contributed by atoms with E-state index in [4.69, 9.17) is 9.47 Å². The van der Waals surface area contributed by atoms with Crippen molar-refractivity contribution in [2.75, 3.05) is 56.2 Å². The van der Waals surface area contributed by atoms with Crippen molar-refractivity contribution in [3.05, 3.63) is 35.8 Å². The number of hydrogen-bond acceptors (Lipinski definition) is 8. The molecule has 0 amide bonds. The number of morpholine rings is 1. The summed E-state index contributed by atoms with van der Waals surface area (Å²) in [5, 5.41) is 3.03. The number of ether oxygens (including phenoxy) is 2. The van der Waals surface area contributed by atoms with E-state index in [0.717, 1.165) is 30.7 Å². The van der Waals surface area contributed by atoms with Crippen LogP contribution in [0.2, 0.25) is 0 Å². The first-order valence-electron chi connectivity index (χ1n) is 9.73. The molecule has 3 rings (SSSR count). The van der Waals surface area contributed by atoms with Gasteiger partial charge in [-0.05, 0) is 32.0 Å². The maximum Gasteiger partial charge on any atom is 0.240 e. The van der Waals surface area contributed by atoms with E-state index in [-0.39, 0.29) is 23.7 Å². The summed E-state index contributed by atoms with van der Waals surface area (Å²) in [7, 11) is -3.85. The molecule has 30 heavy (non-hydrogen) atoms. The van der Waals surface area contributed by atoms with Crippen LogP contribution in [0.4, 0.5) is 16.2 Å². The first-order valence-corrected chi connectivity index (χ1v) is 11.2. The second-order valence-corrected chi connectivity index (χ2v) is 8.41. The fourth-order valence-electron chi connectivity index (χ4n) is 2.95. The van der Waals surface area contributed by atoms with E-state index in [0.29, 0.717) is 25.8 Å². The second-order valence-electron chi connectivity index (χ2n) is 6.64. The fourth-order valence-corrected chi connectivity index (χ4v) is 3.99.